The molecule has 3 aliphatic heterocycles. The number of hydrazone groups is 1. The average Bonchev–Trinajstić information content (AvgIpc) is 3.12. The number of amides is 1. The van der Waals surface area contributed by atoms with Crippen molar-refractivity contribution >= 4 is 23.3 Å². The highest BCUT2D eigenvalue weighted by Crippen LogP contribution is 2.38. The number of rotatable bonds is 2. The summed E-state index contributed by atoms with van der Waals surface area (Å²) in [5.41, 5.74) is 0.176. The maximum absolute atomic E-state index is 13.5. The summed E-state index contributed by atoms with van der Waals surface area (Å²) in [6.07, 6.45) is -2.25. The van der Waals surface area contributed by atoms with Crippen molar-refractivity contribution in [3.63, 3.8) is 0 Å². The Bertz CT molecular complexity index is 1110. The van der Waals surface area contributed by atoms with Crippen molar-refractivity contribution in [2.45, 2.75) is 50.6 Å². The van der Waals surface area contributed by atoms with Gasteiger partial charge in [-0.2, -0.15) is 13.2 Å². The predicted octanol–water partition coefficient (Wildman–Crippen LogP) is 4.03. The lowest BCUT2D eigenvalue weighted by atomic mass is 9.91. The Morgan fingerprint density at radius 2 is 1.97 bits per heavy atom. The molecule has 0 radical (unpaired) electrons. The van der Waals surface area contributed by atoms with Gasteiger partial charge in [-0.1, -0.05) is 30.2 Å². The smallest absolute Gasteiger partial charge is 0.328 e. The highest BCUT2D eigenvalue weighted by Gasteiger charge is 2.49. The number of piperidine rings is 1. The lowest BCUT2D eigenvalue weighted by Crippen LogP contribution is -2.67. The van der Waals surface area contributed by atoms with Crippen LogP contribution in [0.2, 0.25) is 5.02 Å². The van der Waals surface area contributed by atoms with Crippen LogP contribution in [0.3, 0.4) is 0 Å². The minimum absolute atomic E-state index is 0.0536. The zero-order valence-electron chi connectivity index (χ0n) is 17.2. The Balaban J connectivity index is 1.58. The van der Waals surface area contributed by atoms with Gasteiger partial charge in [0.25, 0.3) is 5.91 Å². The second kappa shape index (κ2) is 7.74. The third-order valence-electron chi connectivity index (χ3n) is 6.20. The number of amidine groups is 1. The molecule has 2 aromatic rings. The largest absolute Gasteiger partial charge is 0.417 e. The van der Waals surface area contributed by atoms with Crippen LogP contribution in [0.15, 0.2) is 41.5 Å². The van der Waals surface area contributed by atoms with E-state index in [9.17, 15) is 18.0 Å². The number of carbonyl (C=O) groups excluding carboxylic acids is 1. The fourth-order valence-corrected chi connectivity index (χ4v) is 5.11. The normalized spacial score (nSPS) is 24.9. The van der Waals surface area contributed by atoms with E-state index in [1.54, 1.807) is 0 Å². The third kappa shape index (κ3) is 3.53. The minimum Gasteiger partial charge on any atom is -0.328 e. The highest BCUT2D eigenvalue weighted by molar-refractivity contribution is 6.34. The molecule has 168 valence electrons. The molecule has 2 saturated heterocycles. The van der Waals surface area contributed by atoms with Crippen molar-refractivity contribution in [1.29, 1.82) is 0 Å². The third-order valence-corrected chi connectivity index (χ3v) is 6.61. The molecule has 3 aliphatic rings. The van der Waals surface area contributed by atoms with Gasteiger partial charge in [0.15, 0.2) is 5.84 Å². The first kappa shape index (κ1) is 21.2. The van der Waals surface area contributed by atoms with E-state index in [0.717, 1.165) is 31.0 Å². The van der Waals surface area contributed by atoms with Gasteiger partial charge in [0, 0.05) is 24.3 Å². The highest BCUT2D eigenvalue weighted by atomic mass is 35.5. The SMILES string of the molecule is Cc1cccc(C2=NN(C(=O)c3cccc(C(F)(F)F)c3Cl)C3C4CCCC(CN23)N4)n1. The van der Waals surface area contributed by atoms with E-state index in [4.69, 9.17) is 11.6 Å². The minimum atomic E-state index is -4.66. The molecule has 10 heteroatoms. The molecule has 2 fully saturated rings. The molecule has 6 nitrogen and oxygen atoms in total. The van der Waals surface area contributed by atoms with Gasteiger partial charge in [-0.15, -0.1) is 5.10 Å². The number of aromatic nitrogens is 1. The first-order chi connectivity index (χ1) is 15.2. The molecule has 5 rings (SSSR count). The van der Waals surface area contributed by atoms with Crippen LogP contribution in [-0.4, -0.2) is 51.4 Å². The fraction of sp³-hybridized carbons (Fsp3) is 0.409. The quantitative estimate of drug-likeness (QED) is 0.730. The van der Waals surface area contributed by atoms with Gasteiger partial charge in [0.2, 0.25) is 0 Å². The van der Waals surface area contributed by atoms with Crippen LogP contribution in [0.1, 0.15) is 46.6 Å². The van der Waals surface area contributed by atoms with Crippen LogP contribution in [-0.2, 0) is 6.18 Å². The van der Waals surface area contributed by atoms with E-state index in [-0.39, 0.29) is 17.6 Å². The molecule has 0 spiro atoms. The molecule has 1 aromatic carbocycles. The van der Waals surface area contributed by atoms with Crippen molar-refractivity contribution in [3.05, 3.63) is 63.9 Å². The zero-order valence-corrected chi connectivity index (χ0v) is 18.0. The van der Waals surface area contributed by atoms with Crippen molar-refractivity contribution < 1.29 is 18.0 Å². The van der Waals surface area contributed by atoms with Crippen molar-refractivity contribution in [1.82, 2.24) is 20.2 Å². The van der Waals surface area contributed by atoms with Crippen LogP contribution in [0.25, 0.3) is 0 Å². The van der Waals surface area contributed by atoms with Gasteiger partial charge < -0.3 is 10.2 Å². The number of alkyl halides is 3. The first-order valence-corrected chi connectivity index (χ1v) is 10.9. The number of carbonyl (C=O) groups is 1. The number of nitrogens with zero attached hydrogens (tertiary/aromatic N) is 4. The Morgan fingerprint density at radius 3 is 2.72 bits per heavy atom. The van der Waals surface area contributed by atoms with Crippen molar-refractivity contribution in [2.75, 3.05) is 6.54 Å². The van der Waals surface area contributed by atoms with E-state index in [2.05, 4.69) is 15.4 Å². The van der Waals surface area contributed by atoms with Gasteiger partial charge in [0.05, 0.1) is 16.1 Å². The number of aryl methyl sites for hydroxylation is 1. The van der Waals surface area contributed by atoms with Gasteiger partial charge in [0.1, 0.15) is 11.9 Å². The molecule has 3 atom stereocenters. The second-order valence-corrected chi connectivity index (χ2v) is 8.75. The molecule has 3 unspecified atom stereocenters. The van der Waals surface area contributed by atoms with Crippen LogP contribution in [0.4, 0.5) is 13.2 Å². The second-order valence-electron chi connectivity index (χ2n) is 8.37. The summed E-state index contributed by atoms with van der Waals surface area (Å²) < 4.78 is 40.1. The van der Waals surface area contributed by atoms with Crippen LogP contribution >= 0.6 is 11.6 Å². The standard InChI is InChI=1S/C22H21ClF3N5O/c1-12-5-2-9-16(27-12)19-29-31(20-17-10-3-6-13(28-17)11-30(19)20)21(32)14-7-4-8-15(18(14)23)22(24,25)26/h2,4-5,7-9,13,17,20,28H,3,6,10-11H2,1H3. The van der Waals surface area contributed by atoms with Crippen molar-refractivity contribution in [2.24, 2.45) is 5.10 Å². The predicted molar refractivity (Wildman–Crippen MR) is 113 cm³/mol. The Hall–Kier alpha value is -2.65. The summed E-state index contributed by atoms with van der Waals surface area (Å²) in [6, 6.07) is 9.14. The number of piperazine rings is 1. The molecular formula is C22H21ClF3N5O. The lowest BCUT2D eigenvalue weighted by Gasteiger charge is -2.47. The van der Waals surface area contributed by atoms with E-state index < -0.39 is 28.8 Å². The molecule has 1 amide bonds. The fourth-order valence-electron chi connectivity index (χ4n) is 4.80. The number of fused-ring (bicyclic) bond motifs is 4. The first-order valence-electron chi connectivity index (χ1n) is 10.5. The molecule has 1 aromatic heterocycles. The van der Waals surface area contributed by atoms with E-state index in [0.29, 0.717) is 18.1 Å². The Morgan fingerprint density at radius 1 is 1.19 bits per heavy atom. The average molecular weight is 464 g/mol. The topological polar surface area (TPSA) is 60.8 Å². The summed E-state index contributed by atoms with van der Waals surface area (Å²) >= 11 is 6.06. The molecule has 1 N–H and O–H groups in total. The molecule has 0 aliphatic carbocycles. The summed E-state index contributed by atoms with van der Waals surface area (Å²) in [6.45, 7) is 2.50. The van der Waals surface area contributed by atoms with Crippen molar-refractivity contribution in [3.8, 4) is 0 Å². The van der Waals surface area contributed by atoms with Gasteiger partial charge >= 0.3 is 6.18 Å². The Labute approximate surface area is 188 Å². The van der Waals surface area contributed by atoms with E-state index in [1.807, 2.05) is 30.0 Å². The molecule has 0 saturated carbocycles. The number of benzene rings is 1. The van der Waals surface area contributed by atoms with Crippen LogP contribution in [0, 0.1) is 6.92 Å². The number of hydrogen-bond acceptors (Lipinski definition) is 5. The maximum atomic E-state index is 13.5. The van der Waals surface area contributed by atoms with E-state index in [1.165, 1.54) is 17.1 Å². The number of pyridine rings is 1. The van der Waals surface area contributed by atoms with E-state index >= 15 is 0 Å². The number of hydrogen-bond donors (Lipinski definition) is 1. The number of halogens is 4. The summed E-state index contributed by atoms with van der Waals surface area (Å²) in [5.74, 6) is -0.113. The van der Waals surface area contributed by atoms with Gasteiger partial charge in [-0.25, -0.2) is 9.99 Å². The molecule has 4 heterocycles. The van der Waals surface area contributed by atoms with Crippen LogP contribution in [0.5, 0.6) is 0 Å². The number of nitrogens with one attached hydrogen (secondary N) is 1. The molecule has 2 bridgehead atoms. The Kier molecular flexibility index (Phi) is 5.13. The van der Waals surface area contributed by atoms with Gasteiger partial charge in [-0.3, -0.25) is 4.79 Å². The lowest BCUT2D eigenvalue weighted by molar-refractivity contribution is -0.137. The summed E-state index contributed by atoms with van der Waals surface area (Å²) in [7, 11) is 0. The van der Waals surface area contributed by atoms with Crippen LogP contribution < -0.4 is 5.32 Å². The summed E-state index contributed by atoms with van der Waals surface area (Å²) in [5, 5.41) is 8.82. The summed E-state index contributed by atoms with van der Waals surface area (Å²) in [4.78, 5) is 20.1. The zero-order chi connectivity index (χ0) is 22.6. The molecular weight excluding hydrogens is 443 g/mol. The maximum Gasteiger partial charge on any atom is 0.417 e. The molecule has 32 heavy (non-hydrogen) atoms. The van der Waals surface area contributed by atoms with Gasteiger partial charge in [-0.05, 0) is 44.0 Å². The monoisotopic (exact) mass is 463 g/mol.